The Morgan fingerprint density at radius 1 is 1.08 bits per heavy atom. The minimum absolute atomic E-state index is 0.212. The summed E-state index contributed by atoms with van der Waals surface area (Å²) < 4.78 is 17.2. The van der Waals surface area contributed by atoms with Crippen molar-refractivity contribution in [2.45, 2.75) is 24.8 Å². The highest BCUT2D eigenvalue weighted by Gasteiger charge is 2.26. The molecule has 26 heavy (non-hydrogen) atoms. The highest BCUT2D eigenvalue weighted by molar-refractivity contribution is 7.84. The maximum atomic E-state index is 12.9. The second-order valence-electron chi connectivity index (χ2n) is 6.03. The van der Waals surface area contributed by atoms with E-state index >= 15 is 0 Å². The van der Waals surface area contributed by atoms with Crippen molar-refractivity contribution in [3.63, 3.8) is 0 Å². The van der Waals surface area contributed by atoms with Crippen molar-refractivity contribution in [1.82, 2.24) is 4.98 Å². The summed E-state index contributed by atoms with van der Waals surface area (Å²) in [4.78, 5) is 28.9. The number of benzene rings is 2. The summed E-state index contributed by atoms with van der Waals surface area (Å²) in [6.07, 6.45) is 0.537. The molecule has 0 aliphatic heterocycles. The van der Waals surface area contributed by atoms with Crippen LogP contribution in [0, 0.1) is 6.92 Å². The van der Waals surface area contributed by atoms with Crippen LogP contribution in [0.5, 0.6) is 0 Å². The monoisotopic (exact) mass is 369 g/mol. The van der Waals surface area contributed by atoms with Gasteiger partial charge in [-0.05, 0) is 32.0 Å². The molecule has 0 radical (unpaired) electrons. The fraction of sp³-hybridized carbons (Fsp3) is 0.200. The van der Waals surface area contributed by atoms with E-state index in [1.807, 2.05) is 31.2 Å². The summed E-state index contributed by atoms with van der Waals surface area (Å²) in [5, 5.41) is 0.799. The molecule has 6 heteroatoms. The SMILES string of the molecule is Cc1[nH]c2ccccc2c1C(=O)[C@@H](C)OC(=O)c1ccccc1[S@@](C)=O. The van der Waals surface area contributed by atoms with Crippen molar-refractivity contribution < 1.29 is 18.5 Å². The van der Waals surface area contributed by atoms with Crippen LogP contribution in [0.25, 0.3) is 10.9 Å². The van der Waals surface area contributed by atoms with Crippen molar-refractivity contribution >= 4 is 33.5 Å². The van der Waals surface area contributed by atoms with E-state index in [1.54, 1.807) is 31.2 Å². The predicted molar refractivity (Wildman–Crippen MR) is 101 cm³/mol. The minimum Gasteiger partial charge on any atom is -0.451 e. The first-order chi connectivity index (χ1) is 12.4. The average molecular weight is 369 g/mol. The van der Waals surface area contributed by atoms with E-state index < -0.39 is 22.9 Å². The van der Waals surface area contributed by atoms with Gasteiger partial charge in [0.05, 0.1) is 21.3 Å². The standard InChI is InChI=1S/C20H19NO4S/c1-12-18(14-8-4-6-10-16(14)21-12)19(22)13(2)25-20(23)15-9-5-7-11-17(15)26(3)24/h4-11,13,21H,1-3H3/t13-,26-/m1/s1. The number of Topliss-reactive ketones (excluding diaryl/α,β-unsaturated/α-hetero) is 1. The first-order valence-corrected chi connectivity index (χ1v) is 9.71. The van der Waals surface area contributed by atoms with Gasteiger partial charge in [-0.25, -0.2) is 4.79 Å². The molecule has 0 spiro atoms. The van der Waals surface area contributed by atoms with Gasteiger partial charge in [0.15, 0.2) is 6.10 Å². The van der Waals surface area contributed by atoms with Gasteiger partial charge in [-0.15, -0.1) is 0 Å². The minimum atomic E-state index is -1.33. The highest BCUT2D eigenvalue weighted by Crippen LogP contribution is 2.24. The molecule has 0 aliphatic carbocycles. The smallest absolute Gasteiger partial charge is 0.340 e. The Morgan fingerprint density at radius 2 is 1.73 bits per heavy atom. The first kappa shape index (κ1) is 18.1. The molecule has 2 aromatic carbocycles. The van der Waals surface area contributed by atoms with Crippen LogP contribution in [0.3, 0.4) is 0 Å². The first-order valence-electron chi connectivity index (χ1n) is 8.15. The quantitative estimate of drug-likeness (QED) is 0.550. The molecule has 0 saturated heterocycles. The fourth-order valence-corrected chi connectivity index (χ4v) is 3.69. The van der Waals surface area contributed by atoms with E-state index in [-0.39, 0.29) is 11.3 Å². The predicted octanol–water partition coefficient (Wildman–Crippen LogP) is 3.64. The number of rotatable bonds is 5. The number of hydrogen-bond donors (Lipinski definition) is 1. The lowest BCUT2D eigenvalue weighted by atomic mass is 10.0. The van der Waals surface area contributed by atoms with Crippen molar-refractivity contribution in [2.24, 2.45) is 0 Å². The van der Waals surface area contributed by atoms with Gasteiger partial charge in [0.1, 0.15) is 0 Å². The molecule has 3 aromatic rings. The number of ether oxygens (including phenoxy) is 1. The summed E-state index contributed by atoms with van der Waals surface area (Å²) in [5.74, 6) is -0.933. The molecule has 1 heterocycles. The molecule has 1 aromatic heterocycles. The number of nitrogens with one attached hydrogen (secondary N) is 1. The van der Waals surface area contributed by atoms with Crippen LogP contribution in [-0.4, -0.2) is 33.3 Å². The zero-order valence-electron chi connectivity index (χ0n) is 14.7. The summed E-state index contributed by atoms with van der Waals surface area (Å²) in [6, 6.07) is 14.0. The number of carbonyl (C=O) groups is 2. The molecular formula is C20H19NO4S. The Balaban J connectivity index is 1.87. The van der Waals surface area contributed by atoms with E-state index in [0.717, 1.165) is 16.6 Å². The number of hydrogen-bond acceptors (Lipinski definition) is 4. The molecule has 1 N–H and O–H groups in total. The average Bonchev–Trinajstić information content (AvgIpc) is 2.96. The molecule has 3 rings (SSSR count). The lowest BCUT2D eigenvalue weighted by Gasteiger charge is -2.14. The molecule has 0 saturated carbocycles. The molecule has 0 bridgehead atoms. The van der Waals surface area contributed by atoms with Crippen molar-refractivity contribution in [2.75, 3.05) is 6.26 Å². The normalized spacial score (nSPS) is 13.3. The number of carbonyl (C=O) groups excluding carboxylic acids is 2. The maximum Gasteiger partial charge on any atom is 0.340 e. The van der Waals surface area contributed by atoms with Crippen LogP contribution in [0.2, 0.25) is 0 Å². The van der Waals surface area contributed by atoms with Gasteiger partial charge in [0.25, 0.3) is 0 Å². The zero-order valence-corrected chi connectivity index (χ0v) is 15.6. The summed E-state index contributed by atoms with van der Waals surface area (Å²) >= 11 is 0. The van der Waals surface area contributed by atoms with Crippen LogP contribution in [-0.2, 0) is 15.5 Å². The number of para-hydroxylation sites is 1. The maximum absolute atomic E-state index is 12.9. The van der Waals surface area contributed by atoms with Crippen LogP contribution >= 0.6 is 0 Å². The van der Waals surface area contributed by atoms with Crippen molar-refractivity contribution in [3.05, 3.63) is 65.4 Å². The largest absolute Gasteiger partial charge is 0.451 e. The number of aromatic amines is 1. The Labute approximate surface area is 153 Å². The van der Waals surface area contributed by atoms with Crippen LogP contribution in [0.15, 0.2) is 53.4 Å². The molecule has 2 atom stereocenters. The molecule has 134 valence electrons. The Bertz CT molecular complexity index is 1020. The summed E-state index contributed by atoms with van der Waals surface area (Å²) in [7, 11) is -1.33. The lowest BCUT2D eigenvalue weighted by Crippen LogP contribution is -2.25. The second kappa shape index (κ2) is 7.25. The van der Waals surface area contributed by atoms with Gasteiger partial charge in [-0.2, -0.15) is 0 Å². The lowest BCUT2D eigenvalue weighted by molar-refractivity contribution is 0.0315. The van der Waals surface area contributed by atoms with Gasteiger partial charge in [-0.1, -0.05) is 30.3 Å². The number of H-pyrrole nitrogens is 1. The van der Waals surface area contributed by atoms with Crippen LogP contribution < -0.4 is 0 Å². The molecule has 0 unspecified atom stereocenters. The van der Waals surface area contributed by atoms with E-state index in [4.69, 9.17) is 4.74 Å². The van der Waals surface area contributed by atoms with Crippen LogP contribution in [0.4, 0.5) is 0 Å². The molecule has 5 nitrogen and oxygen atoms in total. The summed E-state index contributed by atoms with van der Waals surface area (Å²) in [6.45, 7) is 3.37. The van der Waals surface area contributed by atoms with Crippen molar-refractivity contribution in [1.29, 1.82) is 0 Å². The van der Waals surface area contributed by atoms with Gasteiger partial charge >= 0.3 is 5.97 Å². The third kappa shape index (κ3) is 3.32. The van der Waals surface area contributed by atoms with E-state index in [1.165, 1.54) is 6.26 Å². The number of ketones is 1. The van der Waals surface area contributed by atoms with E-state index in [2.05, 4.69) is 4.98 Å². The molecular weight excluding hydrogens is 350 g/mol. The van der Waals surface area contributed by atoms with Gasteiger partial charge in [-0.3, -0.25) is 9.00 Å². The van der Waals surface area contributed by atoms with E-state index in [9.17, 15) is 13.8 Å². The number of aromatic nitrogens is 1. The third-order valence-corrected chi connectivity index (χ3v) is 5.19. The number of aryl methyl sites for hydroxylation is 1. The van der Waals surface area contributed by atoms with Gasteiger partial charge in [0.2, 0.25) is 5.78 Å². The Hall–Kier alpha value is -2.73. The van der Waals surface area contributed by atoms with Gasteiger partial charge in [0, 0.05) is 28.4 Å². The van der Waals surface area contributed by atoms with Gasteiger partial charge < -0.3 is 9.72 Å². The second-order valence-corrected chi connectivity index (χ2v) is 7.38. The topological polar surface area (TPSA) is 76.2 Å². The Kier molecular flexibility index (Phi) is 5.04. The number of fused-ring (bicyclic) bond motifs is 1. The van der Waals surface area contributed by atoms with Crippen LogP contribution in [0.1, 0.15) is 33.3 Å². The zero-order chi connectivity index (χ0) is 18.8. The van der Waals surface area contributed by atoms with E-state index in [0.29, 0.717) is 10.5 Å². The van der Waals surface area contributed by atoms with Crippen molar-refractivity contribution in [3.8, 4) is 0 Å². The number of esters is 1. The summed E-state index contributed by atoms with van der Waals surface area (Å²) in [5.41, 5.74) is 2.32. The molecule has 0 amide bonds. The Morgan fingerprint density at radius 3 is 2.46 bits per heavy atom. The third-order valence-electron chi connectivity index (χ3n) is 4.21. The molecule has 0 aliphatic rings. The molecule has 0 fully saturated rings. The fourth-order valence-electron chi connectivity index (χ4n) is 2.96. The highest BCUT2D eigenvalue weighted by atomic mass is 32.2.